The maximum Gasteiger partial charge on any atom is 0.166 e. The zero-order chi connectivity index (χ0) is 15.0. The Hall–Kier alpha value is -0.730. The molecular weight excluding hydrogens is 295 g/mol. The molecule has 1 rings (SSSR count). The maximum absolute atomic E-state index is 12.0. The number of carbonyl (C=O) groups excluding carboxylic acids is 1. The third-order valence-electron chi connectivity index (χ3n) is 3.34. The lowest BCUT2D eigenvalue weighted by atomic mass is 10.0. The monoisotopic (exact) mass is 316 g/mol. The molecule has 0 saturated carbocycles. The number of ketones is 1. The number of phenols is 1. The lowest BCUT2D eigenvalue weighted by Crippen LogP contribution is -2.00. The SMILES string of the molecule is CCCCCCCCCC(=O)c1cc(Cl)cc(Cl)c1O. The summed E-state index contributed by atoms with van der Waals surface area (Å²) in [5, 5.41) is 10.3. The second-order valence-corrected chi connectivity index (χ2v) is 5.92. The minimum atomic E-state index is -0.163. The van der Waals surface area contributed by atoms with Gasteiger partial charge in [0.25, 0.3) is 0 Å². The Kier molecular flexibility index (Phi) is 8.01. The normalized spacial score (nSPS) is 10.8. The van der Waals surface area contributed by atoms with Crippen molar-refractivity contribution in [1.29, 1.82) is 0 Å². The fraction of sp³-hybridized carbons (Fsp3) is 0.562. The van der Waals surface area contributed by atoms with Crippen molar-refractivity contribution in [2.45, 2.75) is 58.3 Å². The van der Waals surface area contributed by atoms with Crippen molar-refractivity contribution in [2.24, 2.45) is 0 Å². The van der Waals surface area contributed by atoms with Crippen LogP contribution < -0.4 is 0 Å². The topological polar surface area (TPSA) is 37.3 Å². The molecule has 1 aromatic carbocycles. The molecule has 0 unspecified atom stereocenters. The molecule has 0 atom stereocenters. The summed E-state index contributed by atoms with van der Waals surface area (Å²) in [5.74, 6) is -0.260. The number of carbonyl (C=O) groups is 1. The fourth-order valence-corrected chi connectivity index (χ4v) is 2.65. The number of phenolic OH excluding ortho intramolecular Hbond substituents is 1. The summed E-state index contributed by atoms with van der Waals surface area (Å²) in [6.07, 6.45) is 8.51. The van der Waals surface area contributed by atoms with Crippen LogP contribution in [0.4, 0.5) is 0 Å². The van der Waals surface area contributed by atoms with Crippen molar-refractivity contribution in [3.63, 3.8) is 0 Å². The van der Waals surface area contributed by atoms with Gasteiger partial charge in [0.1, 0.15) is 5.75 Å². The van der Waals surface area contributed by atoms with E-state index in [0.717, 1.165) is 19.3 Å². The Balaban J connectivity index is 2.36. The van der Waals surface area contributed by atoms with Gasteiger partial charge in [-0.3, -0.25) is 4.79 Å². The van der Waals surface area contributed by atoms with E-state index in [1.807, 2.05) is 0 Å². The van der Waals surface area contributed by atoms with Crippen LogP contribution in [0, 0.1) is 0 Å². The second-order valence-electron chi connectivity index (χ2n) is 5.08. The number of Topliss-reactive ketones (excluding diaryl/α,β-unsaturated/α-hetero) is 1. The largest absolute Gasteiger partial charge is 0.506 e. The van der Waals surface area contributed by atoms with Crippen LogP contribution in [0.3, 0.4) is 0 Å². The second kappa shape index (κ2) is 9.25. The van der Waals surface area contributed by atoms with Crippen molar-refractivity contribution in [3.05, 3.63) is 27.7 Å². The van der Waals surface area contributed by atoms with Crippen molar-refractivity contribution in [2.75, 3.05) is 0 Å². The smallest absolute Gasteiger partial charge is 0.166 e. The van der Waals surface area contributed by atoms with Gasteiger partial charge in [0.05, 0.1) is 10.6 Å². The number of unbranched alkanes of at least 4 members (excludes halogenated alkanes) is 6. The van der Waals surface area contributed by atoms with Crippen LogP contribution in [0.1, 0.15) is 68.6 Å². The molecule has 0 heterocycles. The first-order valence-electron chi connectivity index (χ1n) is 7.27. The van der Waals surface area contributed by atoms with Gasteiger partial charge < -0.3 is 5.11 Å². The van der Waals surface area contributed by atoms with Crippen molar-refractivity contribution in [1.82, 2.24) is 0 Å². The summed E-state index contributed by atoms with van der Waals surface area (Å²) < 4.78 is 0. The molecule has 0 radical (unpaired) electrons. The molecule has 0 aliphatic rings. The minimum Gasteiger partial charge on any atom is -0.506 e. The van der Waals surface area contributed by atoms with Crippen LogP contribution in [-0.2, 0) is 0 Å². The molecule has 0 fully saturated rings. The molecular formula is C16H22Cl2O2. The van der Waals surface area contributed by atoms with Gasteiger partial charge in [0.2, 0.25) is 0 Å². The highest BCUT2D eigenvalue weighted by Crippen LogP contribution is 2.32. The van der Waals surface area contributed by atoms with Crippen LogP contribution >= 0.6 is 23.2 Å². The van der Waals surface area contributed by atoms with Crippen LogP contribution in [0.2, 0.25) is 10.0 Å². The van der Waals surface area contributed by atoms with Gasteiger partial charge in [-0.25, -0.2) is 0 Å². The van der Waals surface area contributed by atoms with E-state index in [9.17, 15) is 9.90 Å². The summed E-state index contributed by atoms with van der Waals surface area (Å²) in [4.78, 5) is 12.0. The number of rotatable bonds is 9. The van der Waals surface area contributed by atoms with Gasteiger partial charge in [-0.1, -0.05) is 68.7 Å². The van der Waals surface area contributed by atoms with Crippen LogP contribution in [0.25, 0.3) is 0 Å². The summed E-state index contributed by atoms with van der Waals surface area (Å²) in [5.41, 5.74) is 0.230. The maximum atomic E-state index is 12.0. The van der Waals surface area contributed by atoms with Gasteiger partial charge in [-0.15, -0.1) is 0 Å². The van der Waals surface area contributed by atoms with Crippen LogP contribution in [0.5, 0.6) is 5.75 Å². The van der Waals surface area contributed by atoms with E-state index in [1.165, 1.54) is 37.8 Å². The number of hydrogen-bond acceptors (Lipinski definition) is 2. The third kappa shape index (κ3) is 5.72. The molecule has 0 saturated heterocycles. The molecule has 20 heavy (non-hydrogen) atoms. The summed E-state index contributed by atoms with van der Waals surface area (Å²) in [7, 11) is 0. The summed E-state index contributed by atoms with van der Waals surface area (Å²) in [6, 6.07) is 2.91. The average Bonchev–Trinajstić information content (AvgIpc) is 2.41. The quantitative estimate of drug-likeness (QED) is 0.446. The van der Waals surface area contributed by atoms with Gasteiger partial charge >= 0.3 is 0 Å². The molecule has 0 aromatic heterocycles. The highest BCUT2D eigenvalue weighted by Gasteiger charge is 2.14. The van der Waals surface area contributed by atoms with Crippen LogP contribution in [0.15, 0.2) is 12.1 Å². The number of halogens is 2. The van der Waals surface area contributed by atoms with Gasteiger partial charge in [-0.2, -0.15) is 0 Å². The number of aromatic hydroxyl groups is 1. The summed E-state index contributed by atoms with van der Waals surface area (Å²) >= 11 is 11.7. The molecule has 112 valence electrons. The molecule has 4 heteroatoms. The Bertz CT molecular complexity index is 444. The lowest BCUT2D eigenvalue weighted by Gasteiger charge is -2.06. The molecule has 1 N–H and O–H groups in total. The lowest BCUT2D eigenvalue weighted by molar-refractivity contribution is 0.0976. The van der Waals surface area contributed by atoms with Crippen molar-refractivity contribution < 1.29 is 9.90 Å². The van der Waals surface area contributed by atoms with Crippen molar-refractivity contribution >= 4 is 29.0 Å². The molecule has 2 nitrogen and oxygen atoms in total. The first-order valence-corrected chi connectivity index (χ1v) is 8.03. The Morgan fingerprint density at radius 2 is 1.65 bits per heavy atom. The van der Waals surface area contributed by atoms with E-state index >= 15 is 0 Å². The van der Waals surface area contributed by atoms with E-state index in [0.29, 0.717) is 11.4 Å². The van der Waals surface area contributed by atoms with E-state index in [-0.39, 0.29) is 22.1 Å². The molecule has 1 aromatic rings. The average molecular weight is 317 g/mol. The van der Waals surface area contributed by atoms with E-state index < -0.39 is 0 Å². The molecule has 0 bridgehead atoms. The number of hydrogen-bond donors (Lipinski definition) is 1. The first kappa shape index (κ1) is 17.3. The Morgan fingerprint density at radius 3 is 2.30 bits per heavy atom. The van der Waals surface area contributed by atoms with E-state index in [2.05, 4.69) is 6.92 Å². The van der Waals surface area contributed by atoms with E-state index in [4.69, 9.17) is 23.2 Å². The Labute approximate surface area is 131 Å². The molecule has 0 spiro atoms. The van der Waals surface area contributed by atoms with E-state index in [1.54, 1.807) is 0 Å². The predicted octanol–water partition coefficient (Wildman–Crippen LogP) is 6.02. The highest BCUT2D eigenvalue weighted by atomic mass is 35.5. The number of benzene rings is 1. The summed E-state index contributed by atoms with van der Waals surface area (Å²) in [6.45, 7) is 2.20. The first-order chi connectivity index (χ1) is 9.56. The van der Waals surface area contributed by atoms with Gasteiger partial charge in [-0.05, 0) is 18.6 Å². The predicted molar refractivity (Wildman–Crippen MR) is 85.1 cm³/mol. The Morgan fingerprint density at radius 1 is 1.05 bits per heavy atom. The van der Waals surface area contributed by atoms with Gasteiger partial charge in [0.15, 0.2) is 5.78 Å². The van der Waals surface area contributed by atoms with Gasteiger partial charge in [0, 0.05) is 11.4 Å². The molecule has 0 aliphatic carbocycles. The zero-order valence-electron chi connectivity index (χ0n) is 11.9. The fourth-order valence-electron chi connectivity index (χ4n) is 2.16. The van der Waals surface area contributed by atoms with Crippen molar-refractivity contribution in [3.8, 4) is 5.75 Å². The minimum absolute atomic E-state index is 0.0968. The standard InChI is InChI=1S/C16H22Cl2O2/c1-2-3-4-5-6-7-8-9-15(19)13-10-12(17)11-14(18)16(13)20/h10-11,20H,2-9H2,1H3. The molecule has 0 aliphatic heterocycles. The molecule has 0 amide bonds. The highest BCUT2D eigenvalue weighted by molar-refractivity contribution is 6.36. The zero-order valence-corrected chi connectivity index (χ0v) is 13.4. The van der Waals surface area contributed by atoms with Crippen LogP contribution in [-0.4, -0.2) is 10.9 Å². The third-order valence-corrected chi connectivity index (χ3v) is 3.84.